The average Bonchev–Trinajstić information content (AvgIpc) is 2.30. The molecule has 4 nitrogen and oxygen atoms in total. The van der Waals surface area contributed by atoms with Gasteiger partial charge in [0.25, 0.3) is 5.91 Å². The van der Waals surface area contributed by atoms with E-state index in [0.717, 1.165) is 0 Å². The van der Waals surface area contributed by atoms with Gasteiger partial charge in [-0.3, -0.25) is 9.59 Å². The van der Waals surface area contributed by atoms with E-state index in [1.165, 1.54) is 17.2 Å². The first-order valence-electron chi connectivity index (χ1n) is 4.06. The summed E-state index contributed by atoms with van der Waals surface area (Å²) in [4.78, 5) is 23.9. The SMILES string of the molecule is CC(=O)NC1C(=O)N(C)C(=CS)C1S. The van der Waals surface area contributed by atoms with Gasteiger partial charge in [0.2, 0.25) is 5.91 Å². The molecule has 1 saturated heterocycles. The van der Waals surface area contributed by atoms with Gasteiger partial charge in [0, 0.05) is 19.7 Å². The lowest BCUT2D eigenvalue weighted by atomic mass is 10.2. The summed E-state index contributed by atoms with van der Waals surface area (Å²) in [6.07, 6.45) is 0. The number of nitrogens with zero attached hydrogens (tertiary/aromatic N) is 1. The standard InChI is InChI=1S/C8H12N2O2S2/c1-4(11)9-6-7(14)5(3-13)10(2)8(6)12/h3,6-7,13-14H,1-2H3,(H,9,11). The number of nitrogens with one attached hydrogen (secondary N) is 1. The van der Waals surface area contributed by atoms with E-state index in [1.807, 2.05) is 0 Å². The molecule has 1 rings (SSSR count). The number of likely N-dealkylation sites (tertiary alicyclic amines) is 1. The highest BCUT2D eigenvalue weighted by atomic mass is 32.1. The third kappa shape index (κ3) is 1.90. The third-order valence-electron chi connectivity index (χ3n) is 2.09. The van der Waals surface area contributed by atoms with E-state index in [9.17, 15) is 9.59 Å². The Morgan fingerprint density at radius 1 is 1.64 bits per heavy atom. The second-order valence-corrected chi connectivity index (χ2v) is 3.89. The Labute approximate surface area is 93.5 Å². The van der Waals surface area contributed by atoms with Crippen molar-refractivity contribution >= 4 is 37.1 Å². The van der Waals surface area contributed by atoms with Gasteiger partial charge in [-0.15, -0.1) is 12.6 Å². The minimum absolute atomic E-state index is 0.166. The summed E-state index contributed by atoms with van der Waals surface area (Å²) >= 11 is 8.25. The molecule has 1 fully saturated rings. The number of hydrogen-bond donors (Lipinski definition) is 3. The van der Waals surface area contributed by atoms with Crippen molar-refractivity contribution < 1.29 is 9.59 Å². The van der Waals surface area contributed by atoms with E-state index in [0.29, 0.717) is 5.70 Å². The average molecular weight is 232 g/mol. The third-order valence-corrected chi connectivity index (χ3v) is 2.92. The molecular formula is C8H12N2O2S2. The van der Waals surface area contributed by atoms with Gasteiger partial charge >= 0.3 is 0 Å². The molecule has 0 aromatic carbocycles. The fourth-order valence-corrected chi connectivity index (χ4v) is 2.26. The van der Waals surface area contributed by atoms with Gasteiger partial charge in [-0.25, -0.2) is 0 Å². The molecule has 0 saturated carbocycles. The van der Waals surface area contributed by atoms with Crippen LogP contribution in [0.2, 0.25) is 0 Å². The lowest BCUT2D eigenvalue weighted by Gasteiger charge is -2.11. The van der Waals surface area contributed by atoms with Crippen LogP contribution in [-0.2, 0) is 9.59 Å². The van der Waals surface area contributed by atoms with E-state index >= 15 is 0 Å². The number of amides is 2. The number of thiol groups is 2. The first kappa shape index (κ1) is 11.5. The van der Waals surface area contributed by atoms with Crippen LogP contribution in [-0.4, -0.2) is 35.1 Å². The van der Waals surface area contributed by atoms with Crippen LogP contribution in [0.15, 0.2) is 11.1 Å². The van der Waals surface area contributed by atoms with Crippen molar-refractivity contribution in [2.45, 2.75) is 18.2 Å². The van der Waals surface area contributed by atoms with Gasteiger partial charge in [0.15, 0.2) is 0 Å². The molecule has 0 radical (unpaired) electrons. The van der Waals surface area contributed by atoms with Gasteiger partial charge in [-0.2, -0.15) is 12.6 Å². The van der Waals surface area contributed by atoms with Crippen LogP contribution in [0.25, 0.3) is 0 Å². The number of likely N-dealkylation sites (N-methyl/N-ethyl adjacent to an activating group) is 1. The first-order chi connectivity index (χ1) is 6.49. The summed E-state index contributed by atoms with van der Waals surface area (Å²) in [7, 11) is 1.63. The summed E-state index contributed by atoms with van der Waals surface area (Å²) in [6, 6.07) is -0.584. The van der Waals surface area contributed by atoms with E-state index in [4.69, 9.17) is 0 Å². The Kier molecular flexibility index (Phi) is 3.49. The minimum atomic E-state index is -0.584. The van der Waals surface area contributed by atoms with Crippen LogP contribution >= 0.6 is 25.3 Å². The summed E-state index contributed by atoms with van der Waals surface area (Å²) in [6.45, 7) is 1.37. The summed E-state index contributed by atoms with van der Waals surface area (Å²) in [5.41, 5.74) is 0.695. The molecule has 0 aromatic rings. The van der Waals surface area contributed by atoms with E-state index < -0.39 is 6.04 Å². The molecule has 0 spiro atoms. The predicted octanol–water partition coefficient (Wildman–Crippen LogP) is 0.0327. The number of rotatable bonds is 1. The van der Waals surface area contributed by atoms with Crippen LogP contribution < -0.4 is 5.32 Å². The van der Waals surface area contributed by atoms with Gasteiger partial charge in [-0.1, -0.05) is 0 Å². The molecule has 14 heavy (non-hydrogen) atoms. The highest BCUT2D eigenvalue weighted by molar-refractivity contribution is 7.83. The zero-order chi connectivity index (χ0) is 10.9. The van der Waals surface area contributed by atoms with E-state index in [-0.39, 0.29) is 17.1 Å². The topological polar surface area (TPSA) is 49.4 Å². The van der Waals surface area contributed by atoms with Gasteiger partial charge < -0.3 is 10.2 Å². The zero-order valence-corrected chi connectivity index (χ0v) is 9.68. The molecule has 2 atom stereocenters. The molecule has 0 aromatic heterocycles. The Morgan fingerprint density at radius 2 is 2.21 bits per heavy atom. The molecule has 2 unspecified atom stereocenters. The second-order valence-electron chi connectivity index (χ2n) is 3.07. The molecule has 2 amide bonds. The molecule has 0 aliphatic carbocycles. The number of hydrogen-bond acceptors (Lipinski definition) is 4. The summed E-state index contributed by atoms with van der Waals surface area (Å²) in [5.74, 6) is -0.406. The normalized spacial score (nSPS) is 29.9. The Bertz CT molecular complexity index is 304. The quantitative estimate of drug-likeness (QED) is 0.559. The highest BCUT2D eigenvalue weighted by Crippen LogP contribution is 2.26. The Hall–Kier alpha value is -0.620. The van der Waals surface area contributed by atoms with Crippen molar-refractivity contribution in [1.29, 1.82) is 0 Å². The maximum absolute atomic E-state index is 11.6. The second kappa shape index (κ2) is 4.27. The summed E-state index contributed by atoms with van der Waals surface area (Å²) in [5, 5.41) is 3.75. The van der Waals surface area contributed by atoms with Crippen molar-refractivity contribution in [1.82, 2.24) is 10.2 Å². The van der Waals surface area contributed by atoms with Crippen molar-refractivity contribution in [2.24, 2.45) is 0 Å². The van der Waals surface area contributed by atoms with Crippen LogP contribution in [0, 0.1) is 0 Å². The van der Waals surface area contributed by atoms with E-state index in [1.54, 1.807) is 7.05 Å². The predicted molar refractivity (Wildman–Crippen MR) is 60.2 cm³/mol. The molecule has 0 bridgehead atoms. The minimum Gasteiger partial charge on any atom is -0.343 e. The summed E-state index contributed by atoms with van der Waals surface area (Å²) < 4.78 is 0. The van der Waals surface area contributed by atoms with Gasteiger partial charge in [-0.05, 0) is 5.41 Å². The first-order valence-corrected chi connectivity index (χ1v) is 5.09. The molecule has 6 heteroatoms. The van der Waals surface area contributed by atoms with Crippen molar-refractivity contribution in [3.05, 3.63) is 11.1 Å². The number of carbonyl (C=O) groups excluding carboxylic acids is 2. The maximum Gasteiger partial charge on any atom is 0.250 e. The Morgan fingerprint density at radius 3 is 2.57 bits per heavy atom. The molecular weight excluding hydrogens is 220 g/mol. The molecule has 1 heterocycles. The van der Waals surface area contributed by atoms with Crippen LogP contribution in [0.4, 0.5) is 0 Å². The fourth-order valence-electron chi connectivity index (χ4n) is 1.36. The van der Waals surface area contributed by atoms with Crippen LogP contribution in [0.1, 0.15) is 6.92 Å². The largest absolute Gasteiger partial charge is 0.343 e. The molecule has 1 aliphatic heterocycles. The number of carbonyl (C=O) groups is 2. The van der Waals surface area contributed by atoms with Gasteiger partial charge in [0.1, 0.15) is 6.04 Å². The highest BCUT2D eigenvalue weighted by Gasteiger charge is 2.40. The van der Waals surface area contributed by atoms with Crippen molar-refractivity contribution in [3.8, 4) is 0 Å². The molecule has 78 valence electrons. The zero-order valence-electron chi connectivity index (χ0n) is 7.89. The lowest BCUT2D eigenvalue weighted by molar-refractivity contribution is -0.130. The van der Waals surface area contributed by atoms with E-state index in [2.05, 4.69) is 30.6 Å². The lowest BCUT2D eigenvalue weighted by Crippen LogP contribution is -2.43. The van der Waals surface area contributed by atoms with Gasteiger partial charge in [0.05, 0.1) is 5.25 Å². The van der Waals surface area contributed by atoms with Crippen molar-refractivity contribution in [2.75, 3.05) is 7.05 Å². The van der Waals surface area contributed by atoms with Crippen LogP contribution in [0.3, 0.4) is 0 Å². The van der Waals surface area contributed by atoms with Crippen LogP contribution in [0.5, 0.6) is 0 Å². The smallest absolute Gasteiger partial charge is 0.250 e. The molecule has 1 aliphatic rings. The Balaban J connectivity index is 2.89. The van der Waals surface area contributed by atoms with Crippen molar-refractivity contribution in [3.63, 3.8) is 0 Å². The molecule has 1 N–H and O–H groups in total. The monoisotopic (exact) mass is 232 g/mol. The fraction of sp³-hybridized carbons (Fsp3) is 0.500. The maximum atomic E-state index is 11.6.